The Morgan fingerprint density at radius 3 is 2.50 bits per heavy atom. The number of hydrogen-bond donors (Lipinski definition) is 0. The molecule has 0 spiro atoms. The van der Waals surface area contributed by atoms with Gasteiger partial charge in [0.25, 0.3) is 0 Å². The molecule has 2 rings (SSSR count). The van der Waals surface area contributed by atoms with Crippen molar-refractivity contribution in [2.75, 3.05) is 0 Å². The van der Waals surface area contributed by atoms with E-state index in [1.165, 1.54) is 12.1 Å². The molecular formula is C17H14O3. The summed E-state index contributed by atoms with van der Waals surface area (Å²) in [7, 11) is 0. The van der Waals surface area contributed by atoms with E-state index in [1.54, 1.807) is 24.3 Å². The summed E-state index contributed by atoms with van der Waals surface area (Å²) in [4.78, 5) is 22.3. The molecule has 2 aromatic carbocycles. The lowest BCUT2D eigenvalue weighted by molar-refractivity contribution is -0.128. The summed E-state index contributed by atoms with van der Waals surface area (Å²) in [5, 5.41) is 0. The van der Waals surface area contributed by atoms with Crippen LogP contribution >= 0.6 is 0 Å². The smallest absolute Gasteiger partial charge is 0.336 e. The molecule has 0 heterocycles. The Balaban J connectivity index is 2.01. The summed E-state index contributed by atoms with van der Waals surface area (Å²) >= 11 is 0. The predicted octanol–water partition coefficient (Wildman–Crippen LogP) is 3.43. The Bertz CT molecular complexity index is 640. The highest BCUT2D eigenvalue weighted by atomic mass is 16.5. The number of benzene rings is 2. The SMILES string of the molecule is Cc1ccc(C=CC(=O)Oc2cccc(C=O)c2)cc1. The molecule has 0 saturated heterocycles. The molecule has 3 nitrogen and oxygen atoms in total. The van der Waals surface area contributed by atoms with Crippen LogP contribution in [0.4, 0.5) is 0 Å². The first-order chi connectivity index (χ1) is 9.67. The maximum Gasteiger partial charge on any atom is 0.336 e. The number of carbonyl (C=O) groups is 2. The summed E-state index contributed by atoms with van der Waals surface area (Å²) in [6.45, 7) is 2.00. The Labute approximate surface area is 117 Å². The quantitative estimate of drug-likeness (QED) is 0.368. The van der Waals surface area contributed by atoms with Gasteiger partial charge in [0, 0.05) is 11.6 Å². The highest BCUT2D eigenvalue weighted by Crippen LogP contribution is 2.12. The number of rotatable bonds is 4. The Morgan fingerprint density at radius 2 is 1.80 bits per heavy atom. The highest BCUT2D eigenvalue weighted by Gasteiger charge is 2.01. The Hall–Kier alpha value is -2.68. The monoisotopic (exact) mass is 266 g/mol. The number of aldehydes is 1. The van der Waals surface area contributed by atoms with Gasteiger partial charge < -0.3 is 4.74 Å². The first-order valence-electron chi connectivity index (χ1n) is 6.19. The van der Waals surface area contributed by atoms with Crippen LogP contribution in [0.15, 0.2) is 54.6 Å². The van der Waals surface area contributed by atoms with E-state index < -0.39 is 5.97 Å². The summed E-state index contributed by atoms with van der Waals surface area (Å²) in [5.41, 5.74) is 2.56. The first kappa shape index (κ1) is 13.7. The Kier molecular flexibility index (Phi) is 4.45. The van der Waals surface area contributed by atoms with Crippen LogP contribution in [0.25, 0.3) is 6.08 Å². The first-order valence-corrected chi connectivity index (χ1v) is 6.19. The molecule has 0 amide bonds. The average molecular weight is 266 g/mol. The van der Waals surface area contributed by atoms with Crippen molar-refractivity contribution >= 4 is 18.3 Å². The fourth-order valence-corrected chi connectivity index (χ4v) is 1.64. The minimum absolute atomic E-state index is 0.355. The zero-order valence-corrected chi connectivity index (χ0v) is 11.1. The van der Waals surface area contributed by atoms with Crippen LogP contribution in [-0.2, 0) is 4.79 Å². The molecule has 0 aromatic heterocycles. The zero-order valence-electron chi connectivity index (χ0n) is 11.1. The van der Waals surface area contributed by atoms with Gasteiger partial charge in [-0.2, -0.15) is 0 Å². The van der Waals surface area contributed by atoms with Gasteiger partial charge in [0.05, 0.1) is 0 Å². The molecule has 0 N–H and O–H groups in total. The lowest BCUT2D eigenvalue weighted by Gasteiger charge is -2.01. The highest BCUT2D eigenvalue weighted by molar-refractivity contribution is 5.89. The van der Waals surface area contributed by atoms with E-state index in [4.69, 9.17) is 4.74 Å². The minimum atomic E-state index is -0.478. The van der Waals surface area contributed by atoms with Crippen molar-refractivity contribution < 1.29 is 14.3 Å². The van der Waals surface area contributed by atoms with Gasteiger partial charge in [0.2, 0.25) is 0 Å². The van der Waals surface area contributed by atoms with Gasteiger partial charge in [-0.3, -0.25) is 4.79 Å². The lowest BCUT2D eigenvalue weighted by atomic mass is 10.1. The maximum atomic E-state index is 11.7. The van der Waals surface area contributed by atoms with E-state index >= 15 is 0 Å². The van der Waals surface area contributed by atoms with Gasteiger partial charge >= 0.3 is 5.97 Å². The molecule has 0 aliphatic rings. The fraction of sp³-hybridized carbons (Fsp3) is 0.0588. The second-order valence-electron chi connectivity index (χ2n) is 4.36. The van der Waals surface area contributed by atoms with Gasteiger partial charge in [-0.15, -0.1) is 0 Å². The molecule has 2 aromatic rings. The van der Waals surface area contributed by atoms with E-state index in [2.05, 4.69) is 0 Å². The summed E-state index contributed by atoms with van der Waals surface area (Å²) in [6.07, 6.45) is 3.75. The average Bonchev–Trinajstić information content (AvgIpc) is 2.47. The number of carbonyl (C=O) groups excluding carboxylic acids is 2. The minimum Gasteiger partial charge on any atom is -0.423 e. The van der Waals surface area contributed by atoms with Crippen LogP contribution in [0, 0.1) is 6.92 Å². The molecule has 0 fully saturated rings. The fourth-order valence-electron chi connectivity index (χ4n) is 1.64. The molecule has 100 valence electrons. The van der Waals surface area contributed by atoms with Gasteiger partial charge in [-0.05, 0) is 30.7 Å². The Morgan fingerprint density at radius 1 is 1.05 bits per heavy atom. The van der Waals surface area contributed by atoms with Crippen LogP contribution in [-0.4, -0.2) is 12.3 Å². The number of ether oxygens (including phenoxy) is 1. The zero-order chi connectivity index (χ0) is 14.4. The molecule has 3 heteroatoms. The van der Waals surface area contributed by atoms with Crippen molar-refractivity contribution in [1.29, 1.82) is 0 Å². The lowest BCUT2D eigenvalue weighted by Crippen LogP contribution is -2.03. The van der Waals surface area contributed by atoms with Crippen molar-refractivity contribution in [2.24, 2.45) is 0 Å². The third-order valence-electron chi connectivity index (χ3n) is 2.70. The third kappa shape index (κ3) is 3.92. The van der Waals surface area contributed by atoms with Crippen LogP contribution in [0.5, 0.6) is 5.75 Å². The van der Waals surface area contributed by atoms with E-state index in [0.717, 1.165) is 11.1 Å². The third-order valence-corrected chi connectivity index (χ3v) is 2.70. The van der Waals surface area contributed by atoms with Crippen LogP contribution in [0.1, 0.15) is 21.5 Å². The summed E-state index contributed by atoms with van der Waals surface area (Å²) in [5.74, 6) is -0.123. The number of aryl methyl sites for hydroxylation is 1. The largest absolute Gasteiger partial charge is 0.423 e. The van der Waals surface area contributed by atoms with Gasteiger partial charge in [0.1, 0.15) is 12.0 Å². The standard InChI is InChI=1S/C17H14O3/c1-13-5-7-14(8-6-13)9-10-17(19)20-16-4-2-3-15(11-16)12-18/h2-12H,1H3. The van der Waals surface area contributed by atoms with Crippen LogP contribution in [0.3, 0.4) is 0 Å². The van der Waals surface area contributed by atoms with Crippen LogP contribution in [0.2, 0.25) is 0 Å². The van der Waals surface area contributed by atoms with Crippen LogP contribution < -0.4 is 4.74 Å². The molecule has 0 aliphatic heterocycles. The molecule has 0 bridgehead atoms. The molecule has 0 radical (unpaired) electrons. The second-order valence-corrected chi connectivity index (χ2v) is 4.36. The van der Waals surface area contributed by atoms with Crippen molar-refractivity contribution in [3.05, 3.63) is 71.3 Å². The molecule has 0 unspecified atom stereocenters. The topological polar surface area (TPSA) is 43.4 Å². The van der Waals surface area contributed by atoms with Crippen molar-refractivity contribution in [2.45, 2.75) is 6.92 Å². The molecule has 0 saturated carbocycles. The normalized spacial score (nSPS) is 10.4. The van der Waals surface area contributed by atoms with Crippen molar-refractivity contribution in [3.63, 3.8) is 0 Å². The molecule has 20 heavy (non-hydrogen) atoms. The van der Waals surface area contributed by atoms with E-state index in [-0.39, 0.29) is 0 Å². The summed E-state index contributed by atoms with van der Waals surface area (Å²) < 4.78 is 5.12. The van der Waals surface area contributed by atoms with Gasteiger partial charge in [0.15, 0.2) is 0 Å². The van der Waals surface area contributed by atoms with E-state index in [0.29, 0.717) is 17.6 Å². The van der Waals surface area contributed by atoms with E-state index in [9.17, 15) is 9.59 Å². The van der Waals surface area contributed by atoms with Crippen molar-refractivity contribution in [3.8, 4) is 5.75 Å². The van der Waals surface area contributed by atoms with Gasteiger partial charge in [-0.1, -0.05) is 42.0 Å². The number of hydrogen-bond acceptors (Lipinski definition) is 3. The summed E-state index contributed by atoms with van der Waals surface area (Å²) in [6, 6.07) is 14.2. The maximum absolute atomic E-state index is 11.7. The van der Waals surface area contributed by atoms with E-state index in [1.807, 2.05) is 31.2 Å². The predicted molar refractivity (Wildman–Crippen MR) is 77.7 cm³/mol. The molecular weight excluding hydrogens is 252 g/mol. The van der Waals surface area contributed by atoms with Crippen molar-refractivity contribution in [1.82, 2.24) is 0 Å². The van der Waals surface area contributed by atoms with Gasteiger partial charge in [-0.25, -0.2) is 4.79 Å². The molecule has 0 aliphatic carbocycles. The molecule has 0 atom stereocenters. The second kappa shape index (κ2) is 6.48. The number of esters is 1.